The van der Waals surface area contributed by atoms with Gasteiger partial charge in [-0.3, -0.25) is 0 Å². The van der Waals surface area contributed by atoms with E-state index in [2.05, 4.69) is 36.9 Å². The van der Waals surface area contributed by atoms with Gasteiger partial charge in [0.2, 0.25) is 0 Å². The number of carbonyl (C=O) groups excluding carboxylic acids is 1. The molecule has 0 radical (unpaired) electrons. The number of hydrogen-bond acceptors (Lipinski definition) is 6. The summed E-state index contributed by atoms with van der Waals surface area (Å²) in [6, 6.07) is 2.05. The number of nitrogens with zero attached hydrogens (tertiary/aromatic N) is 4. The third-order valence-electron chi connectivity index (χ3n) is 3.51. The highest BCUT2D eigenvalue weighted by Crippen LogP contribution is 2.33. The second kappa shape index (κ2) is 6.24. The van der Waals surface area contributed by atoms with E-state index in [0.29, 0.717) is 13.1 Å². The zero-order valence-corrected chi connectivity index (χ0v) is 15.8. The second-order valence-electron chi connectivity index (χ2n) is 6.42. The first-order chi connectivity index (χ1) is 10.8. The minimum absolute atomic E-state index is 0.247. The van der Waals surface area contributed by atoms with E-state index in [4.69, 9.17) is 4.74 Å². The van der Waals surface area contributed by atoms with Gasteiger partial charge in [-0.25, -0.2) is 14.8 Å². The van der Waals surface area contributed by atoms with Crippen molar-refractivity contribution in [2.24, 2.45) is 0 Å². The SMILES string of the molecule is CC(C)(C)OC(=O)N1CCN(c2ncnc3sc(Br)cc23)CC1. The topological polar surface area (TPSA) is 58.6 Å². The van der Waals surface area contributed by atoms with Gasteiger partial charge in [0.05, 0.1) is 9.17 Å². The Kier molecular flexibility index (Phi) is 4.46. The minimum Gasteiger partial charge on any atom is -0.444 e. The summed E-state index contributed by atoms with van der Waals surface area (Å²) in [6.45, 7) is 8.38. The molecule has 3 heterocycles. The van der Waals surface area contributed by atoms with E-state index in [9.17, 15) is 4.79 Å². The zero-order valence-electron chi connectivity index (χ0n) is 13.4. The Labute approximate surface area is 147 Å². The van der Waals surface area contributed by atoms with Crippen molar-refractivity contribution in [1.29, 1.82) is 0 Å². The highest BCUT2D eigenvalue weighted by molar-refractivity contribution is 9.11. The van der Waals surface area contributed by atoms with E-state index in [1.165, 1.54) is 0 Å². The third-order valence-corrected chi connectivity index (χ3v) is 5.06. The van der Waals surface area contributed by atoms with Crippen molar-refractivity contribution >= 4 is 49.4 Å². The van der Waals surface area contributed by atoms with Gasteiger partial charge in [-0.05, 0) is 42.8 Å². The largest absolute Gasteiger partial charge is 0.444 e. The summed E-state index contributed by atoms with van der Waals surface area (Å²) < 4.78 is 6.47. The molecule has 1 aliphatic heterocycles. The number of thiophene rings is 1. The molecule has 1 saturated heterocycles. The first-order valence-electron chi connectivity index (χ1n) is 7.46. The molecule has 0 spiro atoms. The summed E-state index contributed by atoms with van der Waals surface area (Å²) in [7, 11) is 0. The summed E-state index contributed by atoms with van der Waals surface area (Å²) in [5, 5.41) is 1.05. The average Bonchev–Trinajstić information content (AvgIpc) is 2.85. The molecule has 0 atom stereocenters. The number of halogens is 1. The Morgan fingerprint density at radius 3 is 2.61 bits per heavy atom. The zero-order chi connectivity index (χ0) is 16.6. The minimum atomic E-state index is -0.462. The van der Waals surface area contributed by atoms with E-state index >= 15 is 0 Å². The number of rotatable bonds is 1. The van der Waals surface area contributed by atoms with E-state index in [-0.39, 0.29) is 6.09 Å². The van der Waals surface area contributed by atoms with Crippen molar-refractivity contribution in [3.8, 4) is 0 Å². The highest BCUT2D eigenvalue weighted by atomic mass is 79.9. The lowest BCUT2D eigenvalue weighted by Crippen LogP contribution is -2.50. The summed E-state index contributed by atoms with van der Waals surface area (Å²) >= 11 is 5.10. The molecule has 1 fully saturated rings. The maximum atomic E-state index is 12.1. The van der Waals surface area contributed by atoms with Crippen LogP contribution in [0.25, 0.3) is 10.2 Å². The maximum Gasteiger partial charge on any atom is 0.410 e. The second-order valence-corrected chi connectivity index (χ2v) is 8.83. The summed E-state index contributed by atoms with van der Waals surface area (Å²) in [5.74, 6) is 0.931. The number of fused-ring (bicyclic) bond motifs is 1. The van der Waals surface area contributed by atoms with E-state index in [1.54, 1.807) is 22.6 Å². The van der Waals surface area contributed by atoms with Crippen molar-refractivity contribution in [1.82, 2.24) is 14.9 Å². The Bertz CT molecular complexity index is 720. The molecular formula is C15H19BrN4O2S. The number of anilines is 1. The predicted octanol–water partition coefficient (Wildman–Crippen LogP) is 3.51. The van der Waals surface area contributed by atoms with Crippen LogP contribution in [0, 0.1) is 0 Å². The molecule has 1 amide bonds. The fourth-order valence-corrected chi connectivity index (χ4v) is 3.90. The molecule has 0 bridgehead atoms. The molecule has 23 heavy (non-hydrogen) atoms. The Morgan fingerprint density at radius 1 is 1.26 bits per heavy atom. The van der Waals surface area contributed by atoms with Crippen LogP contribution in [0.15, 0.2) is 16.2 Å². The van der Waals surface area contributed by atoms with Crippen LogP contribution < -0.4 is 4.90 Å². The number of hydrogen-bond donors (Lipinski definition) is 0. The van der Waals surface area contributed by atoms with Gasteiger partial charge < -0.3 is 14.5 Å². The van der Waals surface area contributed by atoms with Gasteiger partial charge in [0, 0.05) is 26.2 Å². The molecule has 0 N–H and O–H groups in total. The smallest absolute Gasteiger partial charge is 0.410 e. The van der Waals surface area contributed by atoms with Gasteiger partial charge >= 0.3 is 6.09 Å². The first-order valence-corrected chi connectivity index (χ1v) is 9.07. The van der Waals surface area contributed by atoms with Gasteiger partial charge in [0.25, 0.3) is 0 Å². The maximum absolute atomic E-state index is 12.1. The lowest BCUT2D eigenvalue weighted by atomic mass is 10.2. The van der Waals surface area contributed by atoms with Crippen molar-refractivity contribution in [2.75, 3.05) is 31.1 Å². The van der Waals surface area contributed by atoms with Crippen molar-refractivity contribution < 1.29 is 9.53 Å². The number of aromatic nitrogens is 2. The van der Waals surface area contributed by atoms with Crippen LogP contribution in [0.2, 0.25) is 0 Å². The first kappa shape index (κ1) is 16.4. The lowest BCUT2D eigenvalue weighted by Gasteiger charge is -2.36. The van der Waals surface area contributed by atoms with Gasteiger partial charge in [-0.2, -0.15) is 0 Å². The Morgan fingerprint density at radius 2 is 1.96 bits per heavy atom. The van der Waals surface area contributed by atoms with Crippen LogP contribution in [0.5, 0.6) is 0 Å². The Hall–Kier alpha value is -1.41. The van der Waals surface area contributed by atoms with Crippen LogP contribution >= 0.6 is 27.3 Å². The molecular weight excluding hydrogens is 380 g/mol. The van der Waals surface area contributed by atoms with Gasteiger partial charge in [0.15, 0.2) is 0 Å². The summed E-state index contributed by atoms with van der Waals surface area (Å²) in [5.41, 5.74) is -0.462. The van der Waals surface area contributed by atoms with E-state index in [0.717, 1.165) is 32.9 Å². The standard InChI is InChI=1S/C15H19BrN4O2S/c1-15(2,3)22-14(21)20-6-4-19(5-7-20)12-10-8-11(16)23-13(10)18-9-17-12/h8-9H,4-7H2,1-3H3. The van der Waals surface area contributed by atoms with Gasteiger partial charge in [-0.15, -0.1) is 11.3 Å². The van der Waals surface area contributed by atoms with Crippen molar-refractivity contribution in [3.05, 3.63) is 16.2 Å². The molecule has 3 rings (SSSR count). The molecule has 8 heteroatoms. The Balaban J connectivity index is 1.70. The fourth-order valence-electron chi connectivity index (χ4n) is 2.49. The summed E-state index contributed by atoms with van der Waals surface area (Å²) in [6.07, 6.45) is 1.35. The number of piperazine rings is 1. The van der Waals surface area contributed by atoms with Crippen LogP contribution in [0.4, 0.5) is 10.6 Å². The third kappa shape index (κ3) is 3.74. The number of carbonyl (C=O) groups is 1. The molecule has 0 aromatic carbocycles. The van der Waals surface area contributed by atoms with Crippen molar-refractivity contribution in [3.63, 3.8) is 0 Å². The number of ether oxygens (including phenoxy) is 1. The molecule has 6 nitrogen and oxygen atoms in total. The van der Waals surface area contributed by atoms with Crippen LogP contribution in [0.3, 0.4) is 0 Å². The highest BCUT2D eigenvalue weighted by Gasteiger charge is 2.27. The molecule has 2 aromatic heterocycles. The van der Waals surface area contributed by atoms with E-state index in [1.807, 2.05) is 20.8 Å². The average molecular weight is 399 g/mol. The van der Waals surface area contributed by atoms with Crippen LogP contribution in [-0.4, -0.2) is 52.7 Å². The van der Waals surface area contributed by atoms with Crippen LogP contribution in [0.1, 0.15) is 20.8 Å². The van der Waals surface area contributed by atoms with Crippen LogP contribution in [-0.2, 0) is 4.74 Å². The molecule has 0 aliphatic carbocycles. The normalized spacial score (nSPS) is 16.0. The monoisotopic (exact) mass is 398 g/mol. The predicted molar refractivity (Wildman–Crippen MR) is 95.1 cm³/mol. The molecule has 1 aliphatic rings. The van der Waals surface area contributed by atoms with Gasteiger partial charge in [0.1, 0.15) is 22.6 Å². The molecule has 124 valence electrons. The fraction of sp³-hybridized carbons (Fsp3) is 0.533. The number of amides is 1. The van der Waals surface area contributed by atoms with E-state index < -0.39 is 5.60 Å². The van der Waals surface area contributed by atoms with Gasteiger partial charge in [-0.1, -0.05) is 0 Å². The lowest BCUT2D eigenvalue weighted by molar-refractivity contribution is 0.0240. The summed E-state index contributed by atoms with van der Waals surface area (Å²) in [4.78, 5) is 25.8. The van der Waals surface area contributed by atoms with Crippen molar-refractivity contribution in [2.45, 2.75) is 26.4 Å². The quantitative estimate of drug-likeness (QED) is 0.735. The molecule has 2 aromatic rings. The molecule has 0 unspecified atom stereocenters. The molecule has 0 saturated carbocycles.